The third-order valence-electron chi connectivity index (χ3n) is 12.9. The normalized spacial score (nSPS) is 28.7. The summed E-state index contributed by atoms with van der Waals surface area (Å²) in [6.45, 7) is 11.2. The molecule has 4 heterocycles. The van der Waals surface area contributed by atoms with Gasteiger partial charge in [0.05, 0.1) is 29.7 Å². The van der Waals surface area contributed by atoms with Crippen LogP contribution in [0.5, 0.6) is 5.75 Å². The molecule has 0 radical (unpaired) electrons. The number of fused-ring (bicyclic) bond motifs is 8. The van der Waals surface area contributed by atoms with Crippen LogP contribution < -0.4 is 14.8 Å². The molecule has 4 atom stereocenters. The van der Waals surface area contributed by atoms with Crippen LogP contribution in [0.4, 0.5) is 0 Å². The summed E-state index contributed by atoms with van der Waals surface area (Å²) < 4.78 is 41.2. The van der Waals surface area contributed by atoms with Gasteiger partial charge in [-0.25, -0.2) is 13.1 Å². The van der Waals surface area contributed by atoms with E-state index in [1.165, 1.54) is 18.9 Å². The highest BCUT2D eigenvalue weighted by molar-refractivity contribution is 7.93. The first-order valence-electron chi connectivity index (χ1n) is 17.9. The van der Waals surface area contributed by atoms with Crippen molar-refractivity contribution in [3.63, 3.8) is 0 Å². The Morgan fingerprint density at radius 2 is 1.82 bits per heavy atom. The zero-order chi connectivity index (χ0) is 35.2. The van der Waals surface area contributed by atoms with Gasteiger partial charge in [-0.05, 0) is 73.6 Å². The summed E-state index contributed by atoms with van der Waals surface area (Å²) in [5, 5.41) is 4.63. The van der Waals surface area contributed by atoms with Crippen molar-refractivity contribution in [2.45, 2.75) is 70.8 Å². The summed E-state index contributed by atoms with van der Waals surface area (Å²) in [4.78, 5) is 30.5. The van der Waals surface area contributed by atoms with E-state index < -0.39 is 21.3 Å². The van der Waals surface area contributed by atoms with E-state index in [1.54, 1.807) is 20.3 Å². The fourth-order valence-corrected chi connectivity index (χ4v) is 10.5. The van der Waals surface area contributed by atoms with E-state index in [0.29, 0.717) is 32.2 Å². The molecule has 3 aliphatic heterocycles. The van der Waals surface area contributed by atoms with Gasteiger partial charge in [0.2, 0.25) is 5.91 Å². The summed E-state index contributed by atoms with van der Waals surface area (Å²) in [6, 6.07) is 11.8. The monoisotopic (exact) mass is 700 g/mol. The summed E-state index contributed by atoms with van der Waals surface area (Å²) in [5.41, 5.74) is 4.84. The Hall–Kier alpha value is -3.67. The molecule has 10 nitrogen and oxygen atoms in total. The van der Waals surface area contributed by atoms with Gasteiger partial charge in [-0.2, -0.15) is 0 Å². The number of ether oxygens (including phenoxy) is 2. The molecule has 2 aromatic carbocycles. The molecule has 2 N–H and O–H groups in total. The van der Waals surface area contributed by atoms with Crippen LogP contribution in [0.3, 0.4) is 0 Å². The number of nitrogens with one attached hydrogen (secondary N) is 2. The average Bonchev–Trinajstić information content (AvgIpc) is 3.53. The van der Waals surface area contributed by atoms with Gasteiger partial charge in [-0.3, -0.25) is 9.59 Å². The quantitative estimate of drug-likeness (QED) is 0.317. The number of sulfonamides is 1. The molecular formula is C39H48N4O6S. The second-order valence-electron chi connectivity index (χ2n) is 16.0. The lowest BCUT2D eigenvalue weighted by Crippen LogP contribution is -2.43. The highest BCUT2D eigenvalue weighted by Crippen LogP contribution is 2.67. The van der Waals surface area contributed by atoms with Crippen LogP contribution >= 0.6 is 0 Å². The van der Waals surface area contributed by atoms with Gasteiger partial charge >= 0.3 is 0 Å². The number of carbonyl (C=O) groups is 2. The maximum Gasteiger partial charge on any atom is 0.265 e. The van der Waals surface area contributed by atoms with E-state index >= 15 is 4.79 Å². The molecule has 50 heavy (non-hydrogen) atoms. The Kier molecular flexibility index (Phi) is 7.82. The first-order chi connectivity index (χ1) is 23.9. The molecule has 266 valence electrons. The minimum Gasteiger partial charge on any atom is -0.497 e. The minimum atomic E-state index is -4.01. The number of methoxy groups -OCH3 is 2. The fourth-order valence-electron chi connectivity index (χ4n) is 9.99. The Morgan fingerprint density at radius 3 is 2.54 bits per heavy atom. The van der Waals surface area contributed by atoms with Crippen molar-refractivity contribution in [3.8, 4) is 17.0 Å². The summed E-state index contributed by atoms with van der Waals surface area (Å²) >= 11 is 0. The van der Waals surface area contributed by atoms with Crippen LogP contribution in [0.25, 0.3) is 22.2 Å². The van der Waals surface area contributed by atoms with Crippen molar-refractivity contribution in [1.82, 2.24) is 19.5 Å². The molecular weight excluding hydrogens is 653 g/mol. The van der Waals surface area contributed by atoms with Gasteiger partial charge in [0.15, 0.2) is 0 Å². The van der Waals surface area contributed by atoms with Crippen molar-refractivity contribution in [2.24, 2.45) is 16.2 Å². The van der Waals surface area contributed by atoms with Crippen LogP contribution in [0.15, 0.2) is 47.9 Å². The van der Waals surface area contributed by atoms with Crippen LogP contribution in [-0.2, 0) is 26.1 Å². The maximum atomic E-state index is 15.1. The van der Waals surface area contributed by atoms with Crippen molar-refractivity contribution in [2.75, 3.05) is 47.0 Å². The van der Waals surface area contributed by atoms with Crippen molar-refractivity contribution >= 4 is 32.7 Å². The molecule has 1 aromatic heterocycles. The van der Waals surface area contributed by atoms with E-state index in [0.717, 1.165) is 78.7 Å². The number of allylic oxidation sites excluding steroid dienone is 1. The lowest BCUT2D eigenvalue weighted by Gasteiger charge is -2.34. The molecule has 2 saturated heterocycles. The largest absolute Gasteiger partial charge is 0.497 e. The maximum absolute atomic E-state index is 15.1. The molecule has 8 rings (SSSR count). The second kappa shape index (κ2) is 11.7. The molecule has 2 aliphatic carbocycles. The minimum absolute atomic E-state index is 0.0196. The first-order valence-corrected chi connectivity index (χ1v) is 19.4. The van der Waals surface area contributed by atoms with Gasteiger partial charge in [0, 0.05) is 78.6 Å². The molecule has 3 aromatic rings. The molecule has 2 amide bonds. The third-order valence-corrected chi connectivity index (χ3v) is 14.3. The van der Waals surface area contributed by atoms with Gasteiger partial charge in [0.25, 0.3) is 15.9 Å². The van der Waals surface area contributed by atoms with E-state index in [9.17, 15) is 13.2 Å². The number of hydrogen-bond donors (Lipinski definition) is 2. The highest BCUT2D eigenvalue weighted by Gasteiger charge is 2.67. The molecule has 4 fully saturated rings. The first kappa shape index (κ1) is 33.5. The Labute approximate surface area is 294 Å². The van der Waals surface area contributed by atoms with Crippen LogP contribution in [0.1, 0.15) is 85.7 Å². The van der Waals surface area contributed by atoms with E-state index in [-0.39, 0.29) is 33.1 Å². The topological polar surface area (TPSA) is 119 Å². The van der Waals surface area contributed by atoms with Gasteiger partial charge < -0.3 is 24.3 Å². The number of nitrogens with zero attached hydrogens (tertiary/aromatic N) is 2. The van der Waals surface area contributed by atoms with Crippen LogP contribution in [0.2, 0.25) is 0 Å². The summed E-state index contributed by atoms with van der Waals surface area (Å²) in [6.07, 6.45) is 6.40. The Morgan fingerprint density at radius 1 is 1.04 bits per heavy atom. The number of likely N-dealkylation sites (tertiary alicyclic amines) is 1. The fraction of sp³-hybridized carbons (Fsp3) is 0.538. The number of hydrogen-bond acceptors (Lipinski definition) is 7. The van der Waals surface area contributed by atoms with Gasteiger partial charge in [0.1, 0.15) is 5.75 Å². The number of carbonyl (C=O) groups excluding carboxylic acids is 2. The zero-order valence-electron chi connectivity index (χ0n) is 29.6. The lowest BCUT2D eigenvalue weighted by atomic mass is 9.70. The average molecular weight is 701 g/mol. The van der Waals surface area contributed by atoms with Gasteiger partial charge in [-0.1, -0.05) is 38.8 Å². The molecule has 0 bridgehead atoms. The molecule has 0 unspecified atom stereocenters. The molecule has 0 spiro atoms. The van der Waals surface area contributed by atoms with Crippen molar-refractivity contribution in [1.29, 1.82) is 0 Å². The highest BCUT2D eigenvalue weighted by atomic mass is 32.2. The van der Waals surface area contributed by atoms with E-state index in [2.05, 4.69) is 45.1 Å². The van der Waals surface area contributed by atoms with Crippen molar-refractivity contribution < 1.29 is 27.5 Å². The Balaban J connectivity index is 1.30. The second-order valence-corrected chi connectivity index (χ2v) is 17.9. The van der Waals surface area contributed by atoms with E-state index in [1.807, 2.05) is 18.2 Å². The smallest absolute Gasteiger partial charge is 0.265 e. The Bertz CT molecular complexity index is 2050. The number of rotatable bonds is 8. The van der Waals surface area contributed by atoms with Gasteiger partial charge in [-0.15, -0.1) is 0 Å². The summed E-state index contributed by atoms with van der Waals surface area (Å²) in [7, 11) is -0.584. The predicted octanol–water partition coefficient (Wildman–Crippen LogP) is 5.53. The van der Waals surface area contributed by atoms with Crippen LogP contribution in [-0.4, -0.2) is 76.7 Å². The zero-order valence-corrected chi connectivity index (χ0v) is 30.4. The third kappa shape index (κ3) is 4.90. The number of amides is 2. The lowest BCUT2D eigenvalue weighted by molar-refractivity contribution is -0.137. The SMILES string of the molecule is C=C(C)S(=O)(=O)NC(=O)c1ccc2c(C3CCCCC3)c3n(c2c1)C[C@@]1(C(=O)N2C[C@]4(C)CNC[C@]4(COC)C2)C[C@H]1c1cc(OC)ccc1-3. The predicted molar refractivity (Wildman–Crippen MR) is 193 cm³/mol. The number of benzene rings is 2. The summed E-state index contributed by atoms with van der Waals surface area (Å²) in [5.74, 6) is 0.601. The van der Waals surface area contributed by atoms with Crippen LogP contribution in [0, 0.1) is 16.2 Å². The molecule has 5 aliphatic rings. The standard InChI is InChI=1S/C39H48N4O6S/c1-24(2)50(46,47)41-35(44)26-11-13-29-32(15-26)43-22-39(36(45)42-20-37(3)18-40-19-38(37,21-42)23-48-4)17-31(39)30-16-27(49-5)12-14-28(30)34(43)33(29)25-9-7-6-8-10-25/h11-16,25,31,40H,1,6-10,17-23H2,2-5H3,(H,41,44)/t31-,37-,38+,39-/m0/s1. The van der Waals surface area contributed by atoms with Crippen molar-refractivity contribution in [3.05, 3.63) is 64.6 Å². The van der Waals surface area contributed by atoms with E-state index in [4.69, 9.17) is 9.47 Å². The molecule has 2 saturated carbocycles. The molecule has 11 heteroatoms. The number of aromatic nitrogens is 1.